The summed E-state index contributed by atoms with van der Waals surface area (Å²) in [5, 5.41) is 32.1. The number of rotatable bonds is 1. The van der Waals surface area contributed by atoms with Gasteiger partial charge in [-0.1, -0.05) is 12.1 Å². The Hall–Kier alpha value is -1.14. The molecule has 5 heteroatoms. The Kier molecular flexibility index (Phi) is 2.65. The summed E-state index contributed by atoms with van der Waals surface area (Å²) in [7, 11) is 2.08. The van der Waals surface area contributed by atoms with Crippen LogP contribution in [-0.4, -0.2) is 57.7 Å². The molecule has 2 fully saturated rings. The molecule has 0 amide bonds. The van der Waals surface area contributed by atoms with Crippen molar-refractivity contribution in [3.8, 4) is 5.75 Å². The number of likely N-dealkylation sites (N-methyl/N-ethyl adjacent to an activating group) is 1. The van der Waals surface area contributed by atoms with Crippen molar-refractivity contribution in [2.45, 2.75) is 61.6 Å². The third kappa shape index (κ3) is 1.40. The Morgan fingerprint density at radius 1 is 1.35 bits per heavy atom. The molecule has 5 rings (SSSR count). The lowest BCUT2D eigenvalue weighted by Gasteiger charge is -2.63. The van der Waals surface area contributed by atoms with Crippen LogP contribution in [-0.2, 0) is 18.4 Å². The van der Waals surface area contributed by atoms with Gasteiger partial charge in [0.1, 0.15) is 11.9 Å². The highest BCUT2D eigenvalue weighted by Crippen LogP contribution is 2.64. The maximum absolute atomic E-state index is 11.8. The molecule has 0 aromatic heterocycles. The van der Waals surface area contributed by atoms with Gasteiger partial charge in [-0.2, -0.15) is 0 Å². The van der Waals surface area contributed by atoms with Crippen molar-refractivity contribution >= 4 is 0 Å². The molecule has 1 aromatic rings. The van der Waals surface area contributed by atoms with E-state index in [0.717, 1.165) is 36.3 Å². The maximum atomic E-state index is 11.8. The van der Waals surface area contributed by atoms with Gasteiger partial charge in [-0.15, -0.1) is 0 Å². The van der Waals surface area contributed by atoms with Gasteiger partial charge in [-0.3, -0.25) is 0 Å². The number of hydrogen-bond donors (Lipinski definition) is 3. The van der Waals surface area contributed by atoms with Gasteiger partial charge >= 0.3 is 0 Å². The van der Waals surface area contributed by atoms with E-state index in [4.69, 9.17) is 4.74 Å². The van der Waals surface area contributed by atoms with E-state index in [1.54, 1.807) is 0 Å². The third-order valence-corrected chi connectivity index (χ3v) is 6.97. The quantitative estimate of drug-likeness (QED) is 0.696. The summed E-state index contributed by atoms with van der Waals surface area (Å²) in [4.78, 5) is 2.26. The summed E-state index contributed by atoms with van der Waals surface area (Å²) in [6, 6.07) is 4.06. The first-order valence-corrected chi connectivity index (χ1v) is 8.56. The molecule has 2 aliphatic carbocycles. The zero-order chi connectivity index (χ0) is 16.0. The summed E-state index contributed by atoms with van der Waals surface area (Å²) in [6.45, 7) is 0.811. The van der Waals surface area contributed by atoms with Crippen LogP contribution in [0.2, 0.25) is 0 Å². The first-order valence-electron chi connectivity index (χ1n) is 8.56. The van der Waals surface area contributed by atoms with Gasteiger partial charge in [0.2, 0.25) is 0 Å². The molecule has 23 heavy (non-hydrogen) atoms. The molecular formula is C18H23NO4. The molecule has 1 saturated heterocycles. The number of aliphatic hydroxyl groups excluding tert-OH is 2. The van der Waals surface area contributed by atoms with E-state index < -0.39 is 23.2 Å². The fourth-order valence-electron chi connectivity index (χ4n) is 5.92. The predicted octanol–water partition coefficient (Wildman–Crippen LogP) is 0.324. The standard InChI is InChI=1S/C18H23NO4/c1-19-7-6-17-14-10-2-3-11(9-20)15(14)23-16(17)12(21)4-5-18(17,22)13(19)8-10/h2-3,12-13,16,20-22H,4-9H2,1H3/t12?,13?,16-,17-,18+/m0/s1. The molecular weight excluding hydrogens is 294 g/mol. The normalized spacial score (nSPS) is 43.9. The molecule has 2 aliphatic heterocycles. The number of ether oxygens (including phenoxy) is 1. The monoisotopic (exact) mass is 317 g/mol. The van der Waals surface area contributed by atoms with Crippen molar-refractivity contribution in [2.24, 2.45) is 0 Å². The van der Waals surface area contributed by atoms with Gasteiger partial charge in [0.15, 0.2) is 0 Å². The highest BCUT2D eigenvalue weighted by Gasteiger charge is 2.72. The second-order valence-corrected chi connectivity index (χ2v) is 7.74. The van der Waals surface area contributed by atoms with Gasteiger partial charge in [0.25, 0.3) is 0 Å². The van der Waals surface area contributed by atoms with Crippen LogP contribution in [0.25, 0.3) is 0 Å². The van der Waals surface area contributed by atoms with Gasteiger partial charge in [0, 0.05) is 17.2 Å². The number of hydrogen-bond acceptors (Lipinski definition) is 5. The van der Waals surface area contributed by atoms with Crippen LogP contribution in [0, 0.1) is 0 Å². The number of piperidine rings is 1. The van der Waals surface area contributed by atoms with E-state index in [0.29, 0.717) is 12.8 Å². The summed E-state index contributed by atoms with van der Waals surface area (Å²) >= 11 is 0. The second-order valence-electron chi connectivity index (χ2n) is 7.74. The van der Waals surface area contributed by atoms with Crippen LogP contribution in [0.3, 0.4) is 0 Å². The Morgan fingerprint density at radius 2 is 2.17 bits per heavy atom. The van der Waals surface area contributed by atoms with E-state index in [9.17, 15) is 15.3 Å². The zero-order valence-electron chi connectivity index (χ0n) is 13.3. The van der Waals surface area contributed by atoms with Crippen LogP contribution in [0.5, 0.6) is 5.75 Å². The first-order chi connectivity index (χ1) is 11.0. The van der Waals surface area contributed by atoms with Crippen molar-refractivity contribution in [3.63, 3.8) is 0 Å². The average molecular weight is 317 g/mol. The van der Waals surface area contributed by atoms with Gasteiger partial charge < -0.3 is 25.0 Å². The van der Waals surface area contributed by atoms with E-state index in [-0.39, 0.29) is 12.6 Å². The van der Waals surface area contributed by atoms with Crippen LogP contribution >= 0.6 is 0 Å². The second kappa shape index (κ2) is 4.28. The topological polar surface area (TPSA) is 73.2 Å². The molecule has 2 unspecified atom stereocenters. The molecule has 2 heterocycles. The highest BCUT2D eigenvalue weighted by atomic mass is 16.5. The smallest absolute Gasteiger partial charge is 0.137 e. The summed E-state index contributed by atoms with van der Waals surface area (Å²) in [6.07, 6.45) is 1.78. The van der Waals surface area contributed by atoms with Crippen molar-refractivity contribution in [2.75, 3.05) is 13.6 Å². The average Bonchev–Trinajstić information content (AvgIpc) is 2.90. The fourth-order valence-corrected chi connectivity index (χ4v) is 5.92. The van der Waals surface area contributed by atoms with Crippen LogP contribution in [0.4, 0.5) is 0 Å². The summed E-state index contributed by atoms with van der Waals surface area (Å²) in [5.74, 6) is 0.720. The summed E-state index contributed by atoms with van der Waals surface area (Å²) in [5.41, 5.74) is 1.64. The van der Waals surface area contributed by atoms with E-state index in [2.05, 4.69) is 18.0 Å². The Morgan fingerprint density at radius 3 is 2.96 bits per heavy atom. The fraction of sp³-hybridized carbons (Fsp3) is 0.667. The Labute approximate surface area is 135 Å². The van der Waals surface area contributed by atoms with Gasteiger partial charge in [0.05, 0.1) is 23.7 Å². The SMILES string of the molecule is CN1CC[C@]23c4c5ccc(CO)c4O[C@H]2C(O)CC[C@@]3(O)C1C5. The van der Waals surface area contributed by atoms with Crippen LogP contribution in [0.1, 0.15) is 36.0 Å². The number of benzene rings is 1. The lowest BCUT2D eigenvalue weighted by atomic mass is 9.48. The summed E-state index contributed by atoms with van der Waals surface area (Å²) < 4.78 is 6.22. The highest BCUT2D eigenvalue weighted by molar-refractivity contribution is 5.60. The van der Waals surface area contributed by atoms with Gasteiger partial charge in [-0.25, -0.2) is 0 Å². The minimum Gasteiger partial charge on any atom is -0.486 e. The molecule has 1 saturated carbocycles. The van der Waals surface area contributed by atoms with Crippen LogP contribution < -0.4 is 4.74 Å². The molecule has 2 bridgehead atoms. The van der Waals surface area contributed by atoms with Crippen molar-refractivity contribution in [1.29, 1.82) is 0 Å². The number of likely N-dealkylation sites (tertiary alicyclic amines) is 1. The minimum absolute atomic E-state index is 0.0632. The molecule has 0 radical (unpaired) electrons. The molecule has 124 valence electrons. The first kappa shape index (κ1) is 14.2. The van der Waals surface area contributed by atoms with E-state index in [1.165, 1.54) is 5.56 Å². The predicted molar refractivity (Wildman–Crippen MR) is 83.4 cm³/mol. The van der Waals surface area contributed by atoms with Crippen LogP contribution in [0.15, 0.2) is 12.1 Å². The number of aliphatic hydroxyl groups is 3. The minimum atomic E-state index is -0.865. The maximum Gasteiger partial charge on any atom is 0.137 e. The molecule has 5 nitrogen and oxygen atoms in total. The number of nitrogens with zero attached hydrogens (tertiary/aromatic N) is 1. The van der Waals surface area contributed by atoms with Gasteiger partial charge in [-0.05, 0) is 44.8 Å². The lowest BCUT2D eigenvalue weighted by Crippen LogP contribution is -2.76. The van der Waals surface area contributed by atoms with E-state index in [1.807, 2.05) is 6.07 Å². The van der Waals surface area contributed by atoms with Crippen molar-refractivity contribution in [3.05, 3.63) is 28.8 Å². The third-order valence-electron chi connectivity index (χ3n) is 6.97. The molecule has 4 aliphatic rings. The molecule has 5 atom stereocenters. The van der Waals surface area contributed by atoms with Crippen molar-refractivity contribution < 1.29 is 20.1 Å². The molecule has 3 N–H and O–H groups in total. The van der Waals surface area contributed by atoms with Crippen molar-refractivity contribution in [1.82, 2.24) is 4.90 Å². The van der Waals surface area contributed by atoms with E-state index >= 15 is 0 Å². The zero-order valence-corrected chi connectivity index (χ0v) is 13.3. The Balaban J connectivity index is 1.84. The Bertz CT molecular complexity index is 692. The lowest BCUT2D eigenvalue weighted by molar-refractivity contribution is -0.204. The molecule has 1 spiro atoms. The largest absolute Gasteiger partial charge is 0.486 e. The molecule has 1 aromatic carbocycles.